The van der Waals surface area contributed by atoms with E-state index in [-0.39, 0.29) is 11.7 Å². The van der Waals surface area contributed by atoms with Gasteiger partial charge in [-0.25, -0.2) is 4.79 Å². The summed E-state index contributed by atoms with van der Waals surface area (Å²) in [7, 11) is 3.14. The predicted octanol–water partition coefficient (Wildman–Crippen LogP) is 4.60. The highest BCUT2D eigenvalue weighted by Crippen LogP contribution is 2.37. The van der Waals surface area contributed by atoms with E-state index < -0.39 is 18.2 Å². The predicted molar refractivity (Wildman–Crippen MR) is 122 cm³/mol. The highest BCUT2D eigenvalue weighted by molar-refractivity contribution is 5.86. The molecule has 1 aromatic heterocycles. The lowest BCUT2D eigenvalue weighted by Crippen LogP contribution is -2.29. The van der Waals surface area contributed by atoms with Gasteiger partial charge in [0.05, 0.1) is 20.3 Å². The number of hydrogen-bond donors (Lipinski definition) is 3. The van der Waals surface area contributed by atoms with Gasteiger partial charge in [0.1, 0.15) is 22.8 Å². The van der Waals surface area contributed by atoms with Gasteiger partial charge < -0.3 is 25.0 Å². The largest absolute Gasteiger partial charge is 0.505 e. The Bertz CT molecular complexity index is 1160. The van der Waals surface area contributed by atoms with E-state index in [0.717, 1.165) is 17.4 Å². The molecule has 1 atom stereocenters. The Kier molecular flexibility index (Phi) is 9.26. The van der Waals surface area contributed by atoms with Crippen molar-refractivity contribution in [3.05, 3.63) is 59.8 Å². The average molecular weight is 494 g/mol. The minimum atomic E-state index is -5.08. The van der Waals surface area contributed by atoms with Crippen LogP contribution in [0.2, 0.25) is 0 Å². The van der Waals surface area contributed by atoms with Gasteiger partial charge in [-0.1, -0.05) is 25.1 Å². The van der Waals surface area contributed by atoms with Crippen molar-refractivity contribution in [2.45, 2.75) is 32.0 Å². The first kappa shape index (κ1) is 27.2. The number of hydrogen-bond acceptors (Lipinski definition) is 6. The molecule has 0 saturated carbocycles. The standard InChI is InChI=1S/C22H24N2O4.C2HF3O2/c1-4-6-19(25)24-20(15-11-16(27-2)13-17(12-15)28-3)18-9-8-14-7-5-10-23-21(14)22(18)26;3-2(4,5)1(6)7/h5,7-13,20,26H,4,6H2,1-3H3,(H,24,25);(H,6,7). The van der Waals surface area contributed by atoms with Crippen LogP contribution >= 0.6 is 0 Å². The number of carbonyl (C=O) groups excluding carboxylic acids is 1. The average Bonchev–Trinajstić information content (AvgIpc) is 2.83. The lowest BCUT2D eigenvalue weighted by Gasteiger charge is -2.22. The quantitative estimate of drug-likeness (QED) is 0.439. The van der Waals surface area contributed by atoms with E-state index in [9.17, 15) is 23.1 Å². The summed E-state index contributed by atoms with van der Waals surface area (Å²) < 4.78 is 42.5. The number of benzene rings is 2. The number of aromatic hydroxyl groups is 1. The van der Waals surface area contributed by atoms with Gasteiger partial charge in [-0.15, -0.1) is 0 Å². The van der Waals surface area contributed by atoms with Crippen molar-refractivity contribution in [2.24, 2.45) is 0 Å². The molecule has 0 aliphatic heterocycles. The van der Waals surface area contributed by atoms with Crippen LogP contribution in [0, 0.1) is 0 Å². The minimum Gasteiger partial charge on any atom is -0.505 e. The first-order valence-corrected chi connectivity index (χ1v) is 10.4. The van der Waals surface area contributed by atoms with Crippen molar-refractivity contribution in [1.29, 1.82) is 0 Å². The molecule has 3 rings (SSSR count). The molecule has 2 aromatic carbocycles. The normalized spacial score (nSPS) is 11.7. The van der Waals surface area contributed by atoms with Crippen LogP contribution in [0.3, 0.4) is 0 Å². The zero-order valence-electron chi connectivity index (χ0n) is 19.2. The molecule has 0 aliphatic rings. The number of pyridine rings is 1. The second-order valence-electron chi connectivity index (χ2n) is 7.28. The first-order chi connectivity index (χ1) is 16.5. The van der Waals surface area contributed by atoms with Crippen LogP contribution < -0.4 is 14.8 Å². The number of carboxylic acids is 1. The number of aromatic nitrogens is 1. The fraction of sp³-hybridized carbons (Fsp3) is 0.292. The second-order valence-corrected chi connectivity index (χ2v) is 7.28. The number of alkyl halides is 3. The molecule has 1 unspecified atom stereocenters. The summed E-state index contributed by atoms with van der Waals surface area (Å²) in [5.41, 5.74) is 1.79. The number of rotatable bonds is 7. The van der Waals surface area contributed by atoms with E-state index in [1.165, 1.54) is 0 Å². The molecule has 8 nitrogen and oxygen atoms in total. The zero-order chi connectivity index (χ0) is 26.2. The van der Waals surface area contributed by atoms with E-state index in [2.05, 4.69) is 10.3 Å². The molecule has 3 aromatic rings. The van der Waals surface area contributed by atoms with Crippen LogP contribution in [-0.4, -0.2) is 47.5 Å². The minimum absolute atomic E-state index is 0.0432. The topological polar surface area (TPSA) is 118 Å². The van der Waals surface area contributed by atoms with E-state index in [1.807, 2.05) is 43.3 Å². The number of nitrogens with one attached hydrogen (secondary N) is 1. The summed E-state index contributed by atoms with van der Waals surface area (Å²) in [6, 6.07) is 12.2. The van der Waals surface area contributed by atoms with Gasteiger partial charge in [0.2, 0.25) is 5.91 Å². The summed E-state index contributed by atoms with van der Waals surface area (Å²) in [5, 5.41) is 21.9. The van der Waals surface area contributed by atoms with Gasteiger partial charge >= 0.3 is 12.1 Å². The number of aliphatic carboxylic acids is 1. The van der Waals surface area contributed by atoms with Crippen molar-refractivity contribution in [3.8, 4) is 17.2 Å². The fourth-order valence-electron chi connectivity index (χ4n) is 3.18. The molecule has 11 heteroatoms. The maximum Gasteiger partial charge on any atom is 0.490 e. The Morgan fingerprint density at radius 2 is 1.69 bits per heavy atom. The highest BCUT2D eigenvalue weighted by atomic mass is 19.4. The summed E-state index contributed by atoms with van der Waals surface area (Å²) in [6.45, 7) is 1.95. The molecular weight excluding hydrogens is 469 g/mol. The smallest absolute Gasteiger partial charge is 0.490 e. The Hall–Kier alpha value is -4.02. The van der Waals surface area contributed by atoms with Gasteiger partial charge in [-0.05, 0) is 30.2 Å². The van der Waals surface area contributed by atoms with E-state index in [4.69, 9.17) is 19.4 Å². The third-order valence-electron chi connectivity index (χ3n) is 4.82. The number of fused-ring (bicyclic) bond motifs is 1. The number of carbonyl (C=O) groups is 2. The maximum absolute atomic E-state index is 12.4. The van der Waals surface area contributed by atoms with Gasteiger partial charge in [-0.2, -0.15) is 13.2 Å². The van der Waals surface area contributed by atoms with Gasteiger partial charge in [0.15, 0.2) is 0 Å². The molecular formula is C24H25F3N2O6. The molecule has 1 heterocycles. The number of methoxy groups -OCH3 is 2. The molecule has 0 aliphatic carbocycles. The van der Waals surface area contributed by atoms with Crippen LogP contribution in [-0.2, 0) is 9.59 Å². The Labute approximate surface area is 199 Å². The van der Waals surface area contributed by atoms with E-state index >= 15 is 0 Å². The van der Waals surface area contributed by atoms with E-state index in [0.29, 0.717) is 29.0 Å². The van der Waals surface area contributed by atoms with Crippen molar-refractivity contribution >= 4 is 22.8 Å². The summed E-state index contributed by atoms with van der Waals surface area (Å²) >= 11 is 0. The molecule has 35 heavy (non-hydrogen) atoms. The van der Waals surface area contributed by atoms with Crippen LogP contribution in [0.5, 0.6) is 17.2 Å². The number of amides is 1. The number of nitrogens with zero attached hydrogens (tertiary/aromatic N) is 1. The third kappa shape index (κ3) is 7.23. The van der Waals surface area contributed by atoms with Crippen molar-refractivity contribution < 1.29 is 42.4 Å². The molecule has 1 amide bonds. The van der Waals surface area contributed by atoms with Gasteiger partial charge in [-0.3, -0.25) is 9.78 Å². The summed E-state index contributed by atoms with van der Waals surface area (Å²) in [4.78, 5) is 25.6. The number of carboxylic acid groups (broad SMARTS) is 1. The first-order valence-electron chi connectivity index (χ1n) is 10.4. The lowest BCUT2D eigenvalue weighted by atomic mass is 9.95. The van der Waals surface area contributed by atoms with Crippen molar-refractivity contribution in [2.75, 3.05) is 14.2 Å². The SMILES string of the molecule is CCCC(=O)NC(c1cc(OC)cc(OC)c1)c1ccc2cccnc2c1O.O=C(O)C(F)(F)F. The van der Waals surface area contributed by atoms with Gasteiger partial charge in [0.25, 0.3) is 0 Å². The Morgan fingerprint density at radius 3 is 2.20 bits per heavy atom. The molecule has 0 saturated heterocycles. The van der Waals surface area contributed by atoms with Crippen molar-refractivity contribution in [1.82, 2.24) is 10.3 Å². The highest BCUT2D eigenvalue weighted by Gasteiger charge is 2.38. The van der Waals surface area contributed by atoms with Crippen molar-refractivity contribution in [3.63, 3.8) is 0 Å². The second kappa shape index (κ2) is 11.9. The number of ether oxygens (including phenoxy) is 2. The molecule has 0 bridgehead atoms. The van der Waals surface area contributed by atoms with Gasteiger partial charge in [0, 0.05) is 29.6 Å². The van der Waals surface area contributed by atoms with Crippen LogP contribution in [0.15, 0.2) is 48.7 Å². The molecule has 188 valence electrons. The third-order valence-corrected chi connectivity index (χ3v) is 4.82. The van der Waals surface area contributed by atoms with Crippen LogP contribution in [0.25, 0.3) is 10.9 Å². The maximum atomic E-state index is 12.4. The fourth-order valence-corrected chi connectivity index (χ4v) is 3.18. The van der Waals surface area contributed by atoms with E-state index in [1.54, 1.807) is 26.5 Å². The summed E-state index contributed by atoms with van der Waals surface area (Å²) in [6.07, 6.45) is -2.33. The number of halogens is 3. The molecule has 0 radical (unpaired) electrons. The number of phenolic OH excluding ortho intramolecular Hbond substituents is 1. The molecule has 3 N–H and O–H groups in total. The Morgan fingerprint density at radius 1 is 1.09 bits per heavy atom. The molecule has 0 spiro atoms. The molecule has 0 fully saturated rings. The number of phenols is 1. The van der Waals surface area contributed by atoms with Crippen LogP contribution in [0.4, 0.5) is 13.2 Å². The zero-order valence-corrected chi connectivity index (χ0v) is 19.2. The summed E-state index contributed by atoms with van der Waals surface area (Å²) in [5.74, 6) is -1.62. The lowest BCUT2D eigenvalue weighted by molar-refractivity contribution is -0.192. The monoisotopic (exact) mass is 494 g/mol. The Balaban J connectivity index is 0.000000540. The van der Waals surface area contributed by atoms with Crippen LogP contribution in [0.1, 0.15) is 36.9 Å².